The maximum atomic E-state index is 12.1. The number of amides is 2. The number of ether oxygens (including phenoxy) is 1. The molecule has 0 spiro atoms. The van der Waals surface area contributed by atoms with Crippen molar-refractivity contribution in [2.45, 2.75) is 63.0 Å². The second-order valence-electron chi connectivity index (χ2n) is 7.97. The van der Waals surface area contributed by atoms with Crippen LogP contribution in [0, 0.1) is 0 Å². The lowest BCUT2D eigenvalue weighted by Gasteiger charge is -2.15. The van der Waals surface area contributed by atoms with E-state index >= 15 is 0 Å². The fourth-order valence-corrected chi connectivity index (χ4v) is 3.46. The van der Waals surface area contributed by atoms with Gasteiger partial charge < -0.3 is 37.1 Å². The fourth-order valence-electron chi connectivity index (χ4n) is 3.46. The van der Waals surface area contributed by atoms with Gasteiger partial charge in [-0.3, -0.25) is 23.9 Å². The molecule has 2 amide bonds. The number of hydrogen-bond donors (Lipinski definition) is 7. The van der Waals surface area contributed by atoms with E-state index in [0.717, 1.165) is 17.4 Å². The standard InChI is InChI=1S/C20H34N6O7/c21-6-2-1-3-13(22)19(31)24-8-7-23-16(29)5-4-12-10-26(20(32)25-18(12)30)17-9-14(28)15(11-27)33-17/h10,13-15,17,27-28H,1-9,11,21-22H2,(H,23,29)(H,24,31)(H,25,30,32)/t13-,14?,15+,17+/m0/s1. The number of carbonyl (C=O) groups is 2. The number of rotatable bonds is 13. The molecule has 186 valence electrons. The highest BCUT2D eigenvalue weighted by Crippen LogP contribution is 2.27. The largest absolute Gasteiger partial charge is 0.394 e. The lowest BCUT2D eigenvalue weighted by atomic mass is 10.1. The number of nitrogens with zero attached hydrogens (tertiary/aromatic N) is 1. The number of aliphatic hydroxyl groups excluding tert-OH is 2. The average molecular weight is 471 g/mol. The van der Waals surface area contributed by atoms with Gasteiger partial charge >= 0.3 is 5.69 Å². The Kier molecular flexibility index (Phi) is 10.7. The highest BCUT2D eigenvalue weighted by Gasteiger charge is 2.35. The topological polar surface area (TPSA) is 215 Å². The van der Waals surface area contributed by atoms with Gasteiger partial charge in [0.15, 0.2) is 0 Å². The molecule has 13 heteroatoms. The van der Waals surface area contributed by atoms with Crippen molar-refractivity contribution < 1.29 is 24.5 Å². The molecule has 0 saturated carbocycles. The van der Waals surface area contributed by atoms with Gasteiger partial charge in [0.05, 0.1) is 18.8 Å². The summed E-state index contributed by atoms with van der Waals surface area (Å²) in [6.45, 7) is 0.568. The minimum Gasteiger partial charge on any atom is -0.394 e. The first-order valence-electron chi connectivity index (χ1n) is 11.1. The lowest BCUT2D eigenvalue weighted by Crippen LogP contribution is -2.43. The summed E-state index contributed by atoms with van der Waals surface area (Å²) in [6, 6.07) is -0.618. The van der Waals surface area contributed by atoms with E-state index in [0.29, 0.717) is 13.0 Å². The van der Waals surface area contributed by atoms with Crippen LogP contribution in [0.1, 0.15) is 43.9 Å². The highest BCUT2D eigenvalue weighted by atomic mass is 16.5. The van der Waals surface area contributed by atoms with E-state index in [1.54, 1.807) is 0 Å². The molecule has 0 bridgehead atoms. The van der Waals surface area contributed by atoms with Gasteiger partial charge in [-0.05, 0) is 25.8 Å². The summed E-state index contributed by atoms with van der Waals surface area (Å²) in [6.07, 6.45) is 0.965. The Hall–Kier alpha value is -2.58. The van der Waals surface area contributed by atoms with Crippen molar-refractivity contribution in [3.05, 3.63) is 32.6 Å². The Morgan fingerprint density at radius 2 is 2.00 bits per heavy atom. The van der Waals surface area contributed by atoms with Crippen LogP contribution in [0.4, 0.5) is 0 Å². The molecule has 1 aliphatic rings. The monoisotopic (exact) mass is 470 g/mol. The number of aryl methyl sites for hydroxylation is 1. The number of carbonyl (C=O) groups excluding carboxylic acids is 2. The maximum absolute atomic E-state index is 12.1. The third-order valence-electron chi connectivity index (χ3n) is 5.41. The van der Waals surface area contributed by atoms with E-state index in [1.165, 1.54) is 6.20 Å². The van der Waals surface area contributed by atoms with Gasteiger partial charge in [-0.2, -0.15) is 0 Å². The molecule has 2 heterocycles. The van der Waals surface area contributed by atoms with E-state index in [2.05, 4.69) is 15.6 Å². The molecule has 9 N–H and O–H groups in total. The molecule has 13 nitrogen and oxygen atoms in total. The Balaban J connectivity index is 1.79. The van der Waals surface area contributed by atoms with Crippen molar-refractivity contribution in [2.75, 3.05) is 26.2 Å². The summed E-state index contributed by atoms with van der Waals surface area (Å²) in [5.74, 6) is -0.626. The van der Waals surface area contributed by atoms with Crippen molar-refractivity contribution in [1.82, 2.24) is 20.2 Å². The van der Waals surface area contributed by atoms with Gasteiger partial charge in [-0.1, -0.05) is 6.42 Å². The first-order valence-corrected chi connectivity index (χ1v) is 11.1. The van der Waals surface area contributed by atoms with E-state index in [9.17, 15) is 29.4 Å². The molecule has 0 radical (unpaired) electrons. The molecule has 0 aromatic carbocycles. The van der Waals surface area contributed by atoms with Crippen LogP contribution in [0.15, 0.2) is 15.8 Å². The molecular weight excluding hydrogens is 436 g/mol. The molecule has 1 aliphatic heterocycles. The number of unbranched alkanes of at least 4 members (excludes halogenated alkanes) is 1. The van der Waals surface area contributed by atoms with Gasteiger partial charge in [0, 0.05) is 37.7 Å². The maximum Gasteiger partial charge on any atom is 0.330 e. The summed E-state index contributed by atoms with van der Waals surface area (Å²) in [7, 11) is 0. The van der Waals surface area contributed by atoms with Crippen LogP contribution in [0.5, 0.6) is 0 Å². The number of aromatic nitrogens is 2. The van der Waals surface area contributed by atoms with Crippen molar-refractivity contribution in [3.63, 3.8) is 0 Å². The molecule has 1 aromatic rings. The third kappa shape index (κ3) is 8.05. The van der Waals surface area contributed by atoms with E-state index in [4.69, 9.17) is 16.2 Å². The van der Waals surface area contributed by atoms with Crippen LogP contribution in [0.2, 0.25) is 0 Å². The number of aromatic amines is 1. The molecule has 4 atom stereocenters. The Bertz CT molecular complexity index is 902. The minimum atomic E-state index is -0.936. The molecule has 0 aliphatic carbocycles. The van der Waals surface area contributed by atoms with Crippen LogP contribution < -0.4 is 33.3 Å². The van der Waals surface area contributed by atoms with Crippen molar-refractivity contribution in [3.8, 4) is 0 Å². The van der Waals surface area contributed by atoms with Crippen molar-refractivity contribution in [2.24, 2.45) is 11.5 Å². The number of aliphatic hydroxyl groups is 2. The van der Waals surface area contributed by atoms with E-state index in [-0.39, 0.29) is 49.7 Å². The summed E-state index contributed by atoms with van der Waals surface area (Å²) in [5.41, 5.74) is 10.1. The van der Waals surface area contributed by atoms with Crippen molar-refractivity contribution in [1.29, 1.82) is 0 Å². The molecule has 1 fully saturated rings. The zero-order chi connectivity index (χ0) is 24.4. The first kappa shape index (κ1) is 26.7. The van der Waals surface area contributed by atoms with E-state index in [1.807, 2.05) is 0 Å². The van der Waals surface area contributed by atoms with Crippen molar-refractivity contribution >= 4 is 11.8 Å². The smallest absolute Gasteiger partial charge is 0.330 e. The molecule has 2 rings (SSSR count). The molecule has 1 aromatic heterocycles. The Labute approximate surface area is 190 Å². The number of nitrogens with two attached hydrogens (primary N) is 2. The molecular formula is C20H34N6O7. The SMILES string of the molecule is NCCCC[C@H](N)C(=O)NCCNC(=O)CCc1cn([C@H]2CC(O)[C@@H](CO)O2)c(=O)[nH]c1=O. The van der Waals surface area contributed by atoms with Gasteiger partial charge in [0.2, 0.25) is 11.8 Å². The average Bonchev–Trinajstić information content (AvgIpc) is 3.16. The number of nitrogens with one attached hydrogen (secondary N) is 3. The summed E-state index contributed by atoms with van der Waals surface area (Å²) in [4.78, 5) is 50.4. The fraction of sp³-hybridized carbons (Fsp3) is 0.700. The molecule has 1 saturated heterocycles. The predicted octanol–water partition coefficient (Wildman–Crippen LogP) is -3.20. The molecule has 1 unspecified atom stereocenters. The lowest BCUT2D eigenvalue weighted by molar-refractivity contribution is -0.123. The Morgan fingerprint density at radius 1 is 1.27 bits per heavy atom. The predicted molar refractivity (Wildman–Crippen MR) is 118 cm³/mol. The van der Waals surface area contributed by atoms with Gasteiger partial charge in [-0.25, -0.2) is 4.79 Å². The summed E-state index contributed by atoms with van der Waals surface area (Å²) >= 11 is 0. The van der Waals surface area contributed by atoms with Crippen LogP contribution in [-0.4, -0.2) is 76.1 Å². The van der Waals surface area contributed by atoms with Gasteiger partial charge in [0.1, 0.15) is 12.3 Å². The highest BCUT2D eigenvalue weighted by molar-refractivity contribution is 5.81. The zero-order valence-corrected chi connectivity index (χ0v) is 18.5. The van der Waals surface area contributed by atoms with E-state index < -0.39 is 42.3 Å². The van der Waals surface area contributed by atoms with Crippen LogP contribution in [0.3, 0.4) is 0 Å². The minimum absolute atomic E-state index is 0.0127. The van der Waals surface area contributed by atoms with Gasteiger partial charge in [0.25, 0.3) is 5.56 Å². The van der Waals surface area contributed by atoms with Crippen LogP contribution in [-0.2, 0) is 20.7 Å². The second-order valence-corrected chi connectivity index (χ2v) is 7.97. The number of hydrogen-bond acceptors (Lipinski definition) is 9. The Morgan fingerprint density at radius 3 is 2.67 bits per heavy atom. The van der Waals surface area contributed by atoms with Gasteiger partial charge in [-0.15, -0.1) is 0 Å². The normalized spacial score (nSPS) is 21.0. The number of H-pyrrole nitrogens is 1. The quantitative estimate of drug-likeness (QED) is 0.144. The summed E-state index contributed by atoms with van der Waals surface area (Å²) in [5, 5.41) is 24.4. The van der Waals surface area contributed by atoms with Crippen LogP contribution in [0.25, 0.3) is 0 Å². The molecule has 33 heavy (non-hydrogen) atoms. The zero-order valence-electron chi connectivity index (χ0n) is 18.5. The first-order chi connectivity index (χ1) is 15.8. The third-order valence-corrected chi connectivity index (χ3v) is 5.41. The summed E-state index contributed by atoms with van der Waals surface area (Å²) < 4.78 is 6.59. The second kappa shape index (κ2) is 13.2. The van der Waals surface area contributed by atoms with Crippen LogP contribution >= 0.6 is 0 Å².